The SMILES string of the molecule is Cc1ccc(C)c(COc2cc(C#N)ccc2C)c1. The highest BCUT2D eigenvalue weighted by atomic mass is 16.5. The van der Waals surface area contributed by atoms with Gasteiger partial charge in [-0.25, -0.2) is 0 Å². The number of nitrogens with zero attached hydrogens (tertiary/aromatic N) is 1. The van der Waals surface area contributed by atoms with Crippen LogP contribution in [0.3, 0.4) is 0 Å². The Morgan fingerprint density at radius 1 is 1.00 bits per heavy atom. The van der Waals surface area contributed by atoms with E-state index >= 15 is 0 Å². The van der Waals surface area contributed by atoms with Crippen LogP contribution >= 0.6 is 0 Å². The first-order valence-electron chi connectivity index (χ1n) is 6.30. The monoisotopic (exact) mass is 251 g/mol. The van der Waals surface area contributed by atoms with E-state index < -0.39 is 0 Å². The molecule has 0 spiro atoms. The van der Waals surface area contributed by atoms with Gasteiger partial charge in [0.05, 0.1) is 11.6 Å². The first-order chi connectivity index (χ1) is 9.10. The molecule has 2 aromatic carbocycles. The number of aryl methyl sites for hydroxylation is 3. The third kappa shape index (κ3) is 3.14. The van der Waals surface area contributed by atoms with Crippen LogP contribution in [0.2, 0.25) is 0 Å². The quantitative estimate of drug-likeness (QED) is 0.824. The van der Waals surface area contributed by atoms with Crippen LogP contribution in [-0.4, -0.2) is 0 Å². The lowest BCUT2D eigenvalue weighted by Crippen LogP contribution is -2.00. The maximum atomic E-state index is 8.91. The normalized spacial score (nSPS) is 10.0. The molecule has 0 aromatic heterocycles. The predicted octanol–water partition coefficient (Wildman–Crippen LogP) is 4.06. The third-order valence-electron chi connectivity index (χ3n) is 3.21. The second-order valence-corrected chi connectivity index (χ2v) is 4.81. The van der Waals surface area contributed by atoms with Crippen molar-refractivity contribution in [1.82, 2.24) is 0 Å². The van der Waals surface area contributed by atoms with Gasteiger partial charge in [0.2, 0.25) is 0 Å². The smallest absolute Gasteiger partial charge is 0.124 e. The van der Waals surface area contributed by atoms with E-state index in [-0.39, 0.29) is 0 Å². The van der Waals surface area contributed by atoms with Gasteiger partial charge in [0.15, 0.2) is 0 Å². The van der Waals surface area contributed by atoms with Crippen molar-refractivity contribution < 1.29 is 4.74 Å². The largest absolute Gasteiger partial charge is 0.489 e. The van der Waals surface area contributed by atoms with Crippen molar-refractivity contribution in [3.8, 4) is 11.8 Å². The summed E-state index contributed by atoms with van der Waals surface area (Å²) in [5.74, 6) is 0.778. The van der Waals surface area contributed by atoms with Gasteiger partial charge in [-0.3, -0.25) is 0 Å². The summed E-state index contributed by atoms with van der Waals surface area (Å²) in [6.07, 6.45) is 0. The second kappa shape index (κ2) is 5.58. The molecule has 0 heterocycles. The Morgan fingerprint density at radius 3 is 2.47 bits per heavy atom. The molecule has 2 nitrogen and oxygen atoms in total. The minimum absolute atomic E-state index is 0.531. The van der Waals surface area contributed by atoms with Crippen LogP contribution in [0.1, 0.15) is 27.8 Å². The number of ether oxygens (including phenoxy) is 1. The lowest BCUT2D eigenvalue weighted by molar-refractivity contribution is 0.303. The summed E-state index contributed by atoms with van der Waals surface area (Å²) in [5.41, 5.74) is 5.30. The molecule has 0 N–H and O–H groups in total. The highest BCUT2D eigenvalue weighted by Gasteiger charge is 2.04. The van der Waals surface area contributed by atoms with Crippen molar-refractivity contribution >= 4 is 0 Å². The van der Waals surface area contributed by atoms with E-state index in [0.29, 0.717) is 12.2 Å². The van der Waals surface area contributed by atoms with E-state index in [1.807, 2.05) is 13.0 Å². The fourth-order valence-corrected chi connectivity index (χ4v) is 1.94. The molecule has 0 bridgehead atoms. The lowest BCUT2D eigenvalue weighted by atomic mass is 10.1. The summed E-state index contributed by atoms with van der Waals surface area (Å²) in [7, 11) is 0. The molecular weight excluding hydrogens is 234 g/mol. The summed E-state index contributed by atoms with van der Waals surface area (Å²) in [5, 5.41) is 8.91. The van der Waals surface area contributed by atoms with Crippen molar-refractivity contribution in [3.63, 3.8) is 0 Å². The molecule has 2 aromatic rings. The average Bonchev–Trinajstić information content (AvgIpc) is 2.41. The molecule has 2 heteroatoms. The molecule has 0 atom stereocenters. The zero-order valence-electron chi connectivity index (χ0n) is 11.5. The predicted molar refractivity (Wildman–Crippen MR) is 76.1 cm³/mol. The maximum Gasteiger partial charge on any atom is 0.124 e. The van der Waals surface area contributed by atoms with E-state index in [9.17, 15) is 0 Å². The molecule has 19 heavy (non-hydrogen) atoms. The van der Waals surface area contributed by atoms with Gasteiger partial charge in [-0.05, 0) is 49.6 Å². The lowest BCUT2D eigenvalue weighted by Gasteiger charge is -2.11. The summed E-state index contributed by atoms with van der Waals surface area (Å²) >= 11 is 0. The molecule has 0 saturated carbocycles. The molecule has 0 aliphatic heterocycles. The summed E-state index contributed by atoms with van der Waals surface area (Å²) in [6.45, 7) is 6.67. The van der Waals surface area contributed by atoms with Gasteiger partial charge in [-0.1, -0.05) is 29.8 Å². The molecular formula is C17H17NO. The Hall–Kier alpha value is -2.27. The van der Waals surface area contributed by atoms with Crippen molar-refractivity contribution in [2.24, 2.45) is 0 Å². The molecule has 0 unspecified atom stereocenters. The second-order valence-electron chi connectivity index (χ2n) is 4.81. The van der Waals surface area contributed by atoms with E-state index in [4.69, 9.17) is 10.00 Å². The van der Waals surface area contributed by atoms with Crippen LogP contribution in [0.25, 0.3) is 0 Å². The van der Waals surface area contributed by atoms with E-state index in [2.05, 4.69) is 38.1 Å². The standard InChI is InChI=1S/C17H17NO/c1-12-4-5-13(2)16(8-12)11-19-17-9-15(10-18)7-6-14(17)3/h4-9H,11H2,1-3H3. The molecule has 0 amide bonds. The topological polar surface area (TPSA) is 33.0 Å². The van der Waals surface area contributed by atoms with Gasteiger partial charge in [-0.15, -0.1) is 0 Å². The highest BCUT2D eigenvalue weighted by Crippen LogP contribution is 2.21. The number of hydrogen-bond donors (Lipinski definition) is 0. The highest BCUT2D eigenvalue weighted by molar-refractivity contribution is 5.42. The summed E-state index contributed by atoms with van der Waals surface area (Å²) < 4.78 is 5.85. The number of nitriles is 1. The van der Waals surface area contributed by atoms with Crippen molar-refractivity contribution in [2.75, 3.05) is 0 Å². The minimum atomic E-state index is 0.531. The molecule has 0 radical (unpaired) electrons. The minimum Gasteiger partial charge on any atom is -0.489 e. The average molecular weight is 251 g/mol. The van der Waals surface area contributed by atoms with Gasteiger partial charge in [-0.2, -0.15) is 5.26 Å². The van der Waals surface area contributed by atoms with Crippen LogP contribution in [0, 0.1) is 32.1 Å². The van der Waals surface area contributed by atoms with Crippen molar-refractivity contribution in [1.29, 1.82) is 5.26 Å². The molecule has 0 fully saturated rings. The first-order valence-corrected chi connectivity index (χ1v) is 6.30. The zero-order chi connectivity index (χ0) is 13.8. The van der Waals surface area contributed by atoms with Crippen LogP contribution in [0.15, 0.2) is 36.4 Å². The van der Waals surface area contributed by atoms with Crippen LogP contribution in [-0.2, 0) is 6.61 Å². The fraction of sp³-hybridized carbons (Fsp3) is 0.235. The Labute approximate surface area is 114 Å². The summed E-state index contributed by atoms with van der Waals surface area (Å²) in [4.78, 5) is 0. The Balaban J connectivity index is 2.19. The van der Waals surface area contributed by atoms with Gasteiger partial charge in [0.25, 0.3) is 0 Å². The molecule has 2 rings (SSSR count). The Bertz CT molecular complexity index is 638. The molecule has 96 valence electrons. The van der Waals surface area contributed by atoms with Gasteiger partial charge < -0.3 is 4.74 Å². The van der Waals surface area contributed by atoms with Crippen LogP contribution in [0.5, 0.6) is 5.75 Å². The Kier molecular flexibility index (Phi) is 3.87. The van der Waals surface area contributed by atoms with Crippen LogP contribution < -0.4 is 4.74 Å². The van der Waals surface area contributed by atoms with E-state index in [0.717, 1.165) is 11.3 Å². The molecule has 0 aliphatic rings. The Morgan fingerprint density at radius 2 is 1.74 bits per heavy atom. The number of hydrogen-bond acceptors (Lipinski definition) is 2. The van der Waals surface area contributed by atoms with Crippen LogP contribution in [0.4, 0.5) is 0 Å². The molecule has 0 saturated heterocycles. The molecule has 0 aliphatic carbocycles. The zero-order valence-corrected chi connectivity index (χ0v) is 11.5. The van der Waals surface area contributed by atoms with Gasteiger partial charge in [0.1, 0.15) is 12.4 Å². The number of benzene rings is 2. The van der Waals surface area contributed by atoms with E-state index in [1.165, 1.54) is 16.7 Å². The van der Waals surface area contributed by atoms with E-state index in [1.54, 1.807) is 12.1 Å². The maximum absolute atomic E-state index is 8.91. The van der Waals surface area contributed by atoms with Gasteiger partial charge in [0, 0.05) is 0 Å². The van der Waals surface area contributed by atoms with Crippen molar-refractivity contribution in [2.45, 2.75) is 27.4 Å². The third-order valence-corrected chi connectivity index (χ3v) is 3.21. The fourth-order valence-electron chi connectivity index (χ4n) is 1.94. The summed E-state index contributed by atoms with van der Waals surface area (Å²) in [6, 6.07) is 14.0. The first kappa shape index (κ1) is 13.2. The number of rotatable bonds is 3. The van der Waals surface area contributed by atoms with Gasteiger partial charge >= 0.3 is 0 Å². The van der Waals surface area contributed by atoms with Crippen molar-refractivity contribution in [3.05, 3.63) is 64.2 Å².